The molecule has 0 bridgehead atoms. The van der Waals surface area contributed by atoms with Gasteiger partial charge in [0.1, 0.15) is 0 Å². The molecule has 18 heavy (non-hydrogen) atoms. The molecule has 1 unspecified atom stereocenters. The number of aromatic nitrogens is 1. The van der Waals surface area contributed by atoms with Gasteiger partial charge in [-0.25, -0.2) is 4.79 Å². The molecule has 0 saturated heterocycles. The van der Waals surface area contributed by atoms with Crippen LogP contribution in [0.3, 0.4) is 0 Å². The third kappa shape index (κ3) is 1.84. The molecule has 1 aromatic heterocycles. The van der Waals surface area contributed by atoms with E-state index in [0.29, 0.717) is 10.9 Å². The van der Waals surface area contributed by atoms with E-state index in [1.807, 2.05) is 0 Å². The summed E-state index contributed by atoms with van der Waals surface area (Å²) in [6.45, 7) is 0. The van der Waals surface area contributed by atoms with Crippen LogP contribution in [0.5, 0.6) is 0 Å². The maximum Gasteiger partial charge on any atom is 0.373 e. The van der Waals surface area contributed by atoms with Crippen molar-refractivity contribution in [3.05, 3.63) is 36.0 Å². The zero-order valence-corrected chi connectivity index (χ0v) is 9.08. The molecule has 1 aromatic carbocycles. The average Bonchev–Trinajstić information content (AvgIpc) is 2.73. The van der Waals surface area contributed by atoms with E-state index < -0.39 is 23.6 Å². The first-order valence-electron chi connectivity index (χ1n) is 5.08. The molecule has 0 spiro atoms. The lowest BCUT2D eigenvalue weighted by molar-refractivity contribution is -0.154. The quantitative estimate of drug-likeness (QED) is 0.551. The Morgan fingerprint density at radius 3 is 2.39 bits per heavy atom. The molecule has 0 fully saturated rings. The summed E-state index contributed by atoms with van der Waals surface area (Å²) >= 11 is 0. The molecule has 0 amide bonds. The average molecular weight is 247 g/mol. The highest BCUT2D eigenvalue weighted by atomic mass is 16.4. The lowest BCUT2D eigenvalue weighted by Crippen LogP contribution is -2.27. The number of nitrogens with one attached hydrogen (secondary N) is 1. The molecule has 1 atom stereocenters. The molecule has 6 nitrogen and oxygen atoms in total. The summed E-state index contributed by atoms with van der Waals surface area (Å²) in [4.78, 5) is 36.0. The van der Waals surface area contributed by atoms with Crippen LogP contribution < -0.4 is 0 Å². The minimum absolute atomic E-state index is 0.158. The third-order valence-electron chi connectivity index (χ3n) is 2.65. The van der Waals surface area contributed by atoms with E-state index in [9.17, 15) is 14.4 Å². The Morgan fingerprint density at radius 1 is 1.11 bits per heavy atom. The second-order valence-corrected chi connectivity index (χ2v) is 3.73. The highest BCUT2D eigenvalue weighted by molar-refractivity contribution is 6.39. The van der Waals surface area contributed by atoms with E-state index in [2.05, 4.69) is 4.98 Å². The fourth-order valence-electron chi connectivity index (χ4n) is 1.84. The number of fused-ring (bicyclic) bond motifs is 1. The van der Waals surface area contributed by atoms with E-state index in [1.54, 1.807) is 24.3 Å². The Kier molecular flexibility index (Phi) is 2.85. The van der Waals surface area contributed by atoms with Gasteiger partial charge in [-0.2, -0.15) is 0 Å². The maximum absolute atomic E-state index is 11.4. The van der Waals surface area contributed by atoms with Crippen LogP contribution in [0.15, 0.2) is 30.5 Å². The van der Waals surface area contributed by atoms with Crippen LogP contribution in [0, 0.1) is 0 Å². The second kappa shape index (κ2) is 4.33. The predicted molar refractivity (Wildman–Crippen MR) is 61.3 cm³/mol. The minimum Gasteiger partial charge on any atom is -0.480 e. The van der Waals surface area contributed by atoms with Gasteiger partial charge in [-0.3, -0.25) is 9.59 Å². The van der Waals surface area contributed by atoms with Crippen LogP contribution in [-0.2, 0) is 14.4 Å². The number of H-pyrrole nitrogens is 1. The highest BCUT2D eigenvalue weighted by Crippen LogP contribution is 2.26. The van der Waals surface area contributed by atoms with Gasteiger partial charge in [0.25, 0.3) is 5.78 Å². The Labute approximate surface area is 101 Å². The summed E-state index contributed by atoms with van der Waals surface area (Å²) < 4.78 is 0. The van der Waals surface area contributed by atoms with E-state index in [4.69, 9.17) is 10.2 Å². The molecule has 2 aromatic rings. The van der Waals surface area contributed by atoms with E-state index in [0.717, 1.165) is 0 Å². The summed E-state index contributed by atoms with van der Waals surface area (Å²) in [6.07, 6.45) is 1.35. The number of carbonyl (C=O) groups is 3. The first-order valence-corrected chi connectivity index (χ1v) is 5.08. The summed E-state index contributed by atoms with van der Waals surface area (Å²) in [5.74, 6) is -6.29. The number of aromatic amines is 1. The summed E-state index contributed by atoms with van der Waals surface area (Å²) in [5, 5.41) is 18.2. The zero-order chi connectivity index (χ0) is 13.3. The maximum atomic E-state index is 11.4. The zero-order valence-electron chi connectivity index (χ0n) is 9.08. The molecule has 0 aliphatic rings. The Bertz CT molecular complexity index is 643. The Balaban J connectivity index is 2.59. The van der Waals surface area contributed by atoms with E-state index >= 15 is 0 Å². The molecule has 0 aliphatic heterocycles. The van der Waals surface area contributed by atoms with Gasteiger partial charge in [0.2, 0.25) is 0 Å². The lowest BCUT2D eigenvalue weighted by atomic mass is 9.94. The number of hydrogen-bond donors (Lipinski definition) is 3. The van der Waals surface area contributed by atoms with Crippen LogP contribution in [0.4, 0.5) is 0 Å². The molecular formula is C12H9NO5. The van der Waals surface area contributed by atoms with Crippen molar-refractivity contribution in [3.8, 4) is 0 Å². The Morgan fingerprint density at radius 2 is 1.78 bits per heavy atom. The minimum atomic E-state index is -1.76. The topological polar surface area (TPSA) is 107 Å². The normalized spacial score (nSPS) is 12.2. The molecule has 0 saturated carbocycles. The standard InChI is InChI=1S/C12H9NO5/c14-10(12(17)18)9(11(15)16)7-5-13-8-4-2-1-3-6(7)8/h1-5,9,13H,(H,15,16)(H,17,18). The number of hydrogen-bond acceptors (Lipinski definition) is 3. The number of carboxylic acids is 2. The fraction of sp³-hybridized carbons (Fsp3) is 0.0833. The Hall–Kier alpha value is -2.63. The van der Waals surface area contributed by atoms with Crippen molar-refractivity contribution in [3.63, 3.8) is 0 Å². The summed E-state index contributed by atoms with van der Waals surface area (Å²) in [5.41, 5.74) is 0.808. The monoisotopic (exact) mass is 247 g/mol. The molecular weight excluding hydrogens is 238 g/mol. The number of ketones is 1. The van der Waals surface area contributed by atoms with Crippen molar-refractivity contribution >= 4 is 28.6 Å². The first kappa shape index (κ1) is 11.8. The third-order valence-corrected chi connectivity index (χ3v) is 2.65. The van der Waals surface area contributed by atoms with Crippen molar-refractivity contribution in [2.45, 2.75) is 5.92 Å². The molecule has 6 heteroatoms. The largest absolute Gasteiger partial charge is 0.480 e. The van der Waals surface area contributed by atoms with Gasteiger partial charge in [-0.15, -0.1) is 0 Å². The number of carboxylic acid groups (broad SMARTS) is 2. The molecule has 3 N–H and O–H groups in total. The van der Waals surface area contributed by atoms with Gasteiger partial charge < -0.3 is 15.2 Å². The van der Waals surface area contributed by atoms with Crippen molar-refractivity contribution in [2.24, 2.45) is 0 Å². The number of carbonyl (C=O) groups excluding carboxylic acids is 1. The van der Waals surface area contributed by atoms with Crippen molar-refractivity contribution in [2.75, 3.05) is 0 Å². The number of aliphatic carboxylic acids is 2. The van der Waals surface area contributed by atoms with Crippen LogP contribution in [0.2, 0.25) is 0 Å². The molecule has 0 radical (unpaired) electrons. The lowest BCUT2D eigenvalue weighted by Gasteiger charge is -2.07. The summed E-state index contributed by atoms with van der Waals surface area (Å²) in [6, 6.07) is 6.77. The van der Waals surface area contributed by atoms with Gasteiger partial charge in [-0.05, 0) is 11.6 Å². The second-order valence-electron chi connectivity index (χ2n) is 3.73. The number of rotatable bonds is 4. The summed E-state index contributed by atoms with van der Waals surface area (Å²) in [7, 11) is 0. The van der Waals surface area contributed by atoms with Crippen LogP contribution in [0.1, 0.15) is 11.5 Å². The number of benzene rings is 1. The van der Waals surface area contributed by atoms with Gasteiger partial charge in [0.05, 0.1) is 0 Å². The van der Waals surface area contributed by atoms with Crippen molar-refractivity contribution in [1.82, 2.24) is 4.98 Å². The van der Waals surface area contributed by atoms with Crippen LogP contribution >= 0.6 is 0 Å². The van der Waals surface area contributed by atoms with Crippen LogP contribution in [0.25, 0.3) is 10.9 Å². The predicted octanol–water partition coefficient (Wildman–Crippen LogP) is 0.990. The smallest absolute Gasteiger partial charge is 0.373 e. The van der Waals surface area contributed by atoms with Gasteiger partial charge in [-0.1, -0.05) is 18.2 Å². The SMILES string of the molecule is O=C(O)C(=O)C(C(=O)O)c1c[nH]c2ccccc12. The van der Waals surface area contributed by atoms with Crippen LogP contribution in [-0.4, -0.2) is 32.9 Å². The van der Waals surface area contributed by atoms with E-state index in [1.165, 1.54) is 6.20 Å². The van der Waals surface area contributed by atoms with Gasteiger partial charge >= 0.3 is 11.9 Å². The first-order chi connectivity index (χ1) is 8.52. The van der Waals surface area contributed by atoms with Crippen molar-refractivity contribution in [1.29, 1.82) is 0 Å². The van der Waals surface area contributed by atoms with Gasteiger partial charge in [0.15, 0.2) is 5.92 Å². The van der Waals surface area contributed by atoms with E-state index in [-0.39, 0.29) is 5.56 Å². The van der Waals surface area contributed by atoms with Gasteiger partial charge in [0, 0.05) is 17.1 Å². The molecule has 2 rings (SSSR count). The molecule has 92 valence electrons. The molecule has 0 aliphatic carbocycles. The highest BCUT2D eigenvalue weighted by Gasteiger charge is 2.34. The number of Topliss-reactive ketones (excluding diaryl/α,β-unsaturated/α-hetero) is 1. The number of para-hydroxylation sites is 1. The molecule has 1 heterocycles. The van der Waals surface area contributed by atoms with Crippen molar-refractivity contribution < 1.29 is 24.6 Å². The fourth-order valence-corrected chi connectivity index (χ4v) is 1.84.